The molecule has 2 heterocycles. The number of nitrogens with zero attached hydrogens (tertiary/aromatic N) is 3. The summed E-state index contributed by atoms with van der Waals surface area (Å²) in [7, 11) is -2.44. The van der Waals surface area contributed by atoms with Gasteiger partial charge in [-0.15, -0.1) is 10.2 Å². The number of carbonyl (C=O) groups is 2. The van der Waals surface area contributed by atoms with Crippen LogP contribution in [0.25, 0.3) is 0 Å². The molecule has 3 N–H and O–H groups in total. The van der Waals surface area contributed by atoms with E-state index in [2.05, 4.69) is 25.8 Å². The van der Waals surface area contributed by atoms with Gasteiger partial charge in [0.15, 0.2) is 21.3 Å². The first-order valence-electron chi connectivity index (χ1n) is 11.3. The summed E-state index contributed by atoms with van der Waals surface area (Å²) in [4.78, 5) is 29.2. The highest BCUT2D eigenvalue weighted by atomic mass is 32.2. The fraction of sp³-hybridized carbons (Fsp3) is 0.450. The van der Waals surface area contributed by atoms with Crippen molar-refractivity contribution in [1.82, 2.24) is 20.5 Å². The van der Waals surface area contributed by atoms with Gasteiger partial charge in [-0.3, -0.25) is 9.59 Å². The molecular formula is C20H24N6O5S. The molecule has 2 amide bonds. The fourth-order valence-corrected chi connectivity index (χ4v) is 4.47. The summed E-state index contributed by atoms with van der Waals surface area (Å²) in [5.74, 6) is -1.31. The Balaban J connectivity index is 1.72. The van der Waals surface area contributed by atoms with Crippen LogP contribution in [0.5, 0.6) is 5.75 Å². The second-order valence-electron chi connectivity index (χ2n) is 8.07. The summed E-state index contributed by atoms with van der Waals surface area (Å²) >= 11 is 0. The van der Waals surface area contributed by atoms with E-state index in [1.807, 2.05) is 5.32 Å². The number of rotatable bonds is 7. The lowest BCUT2D eigenvalue weighted by Gasteiger charge is -2.15. The molecule has 170 valence electrons. The van der Waals surface area contributed by atoms with E-state index in [4.69, 9.17) is 8.85 Å². The van der Waals surface area contributed by atoms with Crippen LogP contribution in [0, 0.1) is 18.3 Å². The van der Waals surface area contributed by atoms with E-state index in [1.165, 1.54) is 19.2 Å². The van der Waals surface area contributed by atoms with Crippen LogP contribution >= 0.6 is 0 Å². The van der Waals surface area contributed by atoms with Gasteiger partial charge in [-0.1, -0.05) is 0 Å². The van der Waals surface area contributed by atoms with Crippen LogP contribution in [0.4, 0.5) is 17.3 Å². The van der Waals surface area contributed by atoms with Crippen LogP contribution in [0.3, 0.4) is 0 Å². The highest BCUT2D eigenvalue weighted by Gasteiger charge is 2.65. The van der Waals surface area contributed by atoms with Crippen molar-refractivity contribution in [3.8, 4) is 5.75 Å². The van der Waals surface area contributed by atoms with E-state index < -0.39 is 28.4 Å². The number of sulfone groups is 1. The van der Waals surface area contributed by atoms with Crippen molar-refractivity contribution in [3.63, 3.8) is 0 Å². The number of aromatic nitrogens is 3. The van der Waals surface area contributed by atoms with Gasteiger partial charge in [-0.05, 0) is 31.6 Å². The van der Waals surface area contributed by atoms with Crippen molar-refractivity contribution >= 4 is 39.0 Å². The Morgan fingerprint density at radius 1 is 1.28 bits per heavy atom. The average molecular weight is 464 g/mol. The summed E-state index contributed by atoms with van der Waals surface area (Å²) in [5.41, 5.74) is -0.0719. The number of ether oxygens (including phenoxy) is 1. The summed E-state index contributed by atoms with van der Waals surface area (Å²) in [6.45, 7) is -1.21. The third-order valence-corrected chi connectivity index (χ3v) is 6.89. The fourth-order valence-electron chi connectivity index (χ4n) is 3.70. The molecule has 1 atom stereocenters. The molecule has 4 rings (SSSR count). The first-order chi connectivity index (χ1) is 16.2. The summed E-state index contributed by atoms with van der Waals surface area (Å²) in [6.07, 6.45) is 3.80. The molecule has 2 aliphatic carbocycles. The third-order valence-electron chi connectivity index (χ3n) is 5.78. The largest absolute Gasteiger partial charge is 0.495 e. The number of hydrogen-bond acceptors (Lipinski definition) is 9. The molecule has 0 aromatic carbocycles. The van der Waals surface area contributed by atoms with Crippen molar-refractivity contribution < 1.29 is 26.9 Å². The van der Waals surface area contributed by atoms with Gasteiger partial charge in [0, 0.05) is 35.4 Å². The van der Waals surface area contributed by atoms with Crippen molar-refractivity contribution in [2.45, 2.75) is 31.1 Å². The predicted molar refractivity (Wildman–Crippen MR) is 116 cm³/mol. The van der Waals surface area contributed by atoms with Crippen LogP contribution in [-0.4, -0.2) is 55.8 Å². The SMILES string of the molecule is [2H]C([2H])([2H])NC(=O)c1nnc(NC(=O)[C@H]2CC23CC3)cc1Nc1nc(C)c(OC)cc1S(C)(=O)=O. The number of amides is 2. The summed E-state index contributed by atoms with van der Waals surface area (Å²) < 4.78 is 51.9. The molecule has 2 aromatic rings. The highest BCUT2D eigenvalue weighted by Crippen LogP contribution is 2.70. The van der Waals surface area contributed by atoms with E-state index in [9.17, 15) is 18.0 Å². The molecule has 2 aromatic heterocycles. The van der Waals surface area contributed by atoms with Crippen LogP contribution < -0.4 is 20.7 Å². The van der Waals surface area contributed by atoms with E-state index in [-0.39, 0.29) is 45.2 Å². The van der Waals surface area contributed by atoms with Crippen LogP contribution in [-0.2, 0) is 14.6 Å². The minimum absolute atomic E-state index is 0.0109. The summed E-state index contributed by atoms with van der Waals surface area (Å²) in [5, 5.41) is 14.9. The second-order valence-corrected chi connectivity index (χ2v) is 10.1. The molecule has 2 aliphatic rings. The van der Waals surface area contributed by atoms with Crippen molar-refractivity contribution in [3.05, 3.63) is 23.5 Å². The van der Waals surface area contributed by atoms with Gasteiger partial charge in [-0.25, -0.2) is 13.4 Å². The van der Waals surface area contributed by atoms with Crippen molar-refractivity contribution in [1.29, 1.82) is 0 Å². The first-order valence-corrected chi connectivity index (χ1v) is 11.7. The zero-order chi connectivity index (χ0) is 25.8. The normalized spacial score (nSPS) is 19.8. The lowest BCUT2D eigenvalue weighted by Crippen LogP contribution is -2.23. The van der Waals surface area contributed by atoms with E-state index in [0.29, 0.717) is 5.69 Å². The van der Waals surface area contributed by atoms with Gasteiger partial charge in [0.05, 0.1) is 18.5 Å². The summed E-state index contributed by atoms with van der Waals surface area (Å²) in [6, 6.07) is 2.55. The van der Waals surface area contributed by atoms with Gasteiger partial charge in [0.1, 0.15) is 16.5 Å². The minimum atomic E-state index is -3.80. The Morgan fingerprint density at radius 3 is 2.62 bits per heavy atom. The maximum absolute atomic E-state index is 12.6. The number of methoxy groups -OCH3 is 1. The molecule has 2 fully saturated rings. The Kier molecular flexibility index (Phi) is 4.40. The van der Waals surface area contributed by atoms with Crippen molar-refractivity contribution in [2.24, 2.45) is 11.3 Å². The maximum atomic E-state index is 12.6. The molecule has 0 saturated heterocycles. The van der Waals surface area contributed by atoms with E-state index in [0.717, 1.165) is 25.5 Å². The molecule has 11 nitrogen and oxygen atoms in total. The molecular weight excluding hydrogens is 436 g/mol. The Bertz CT molecular complexity index is 1330. The standard InChI is InChI=1S/C20H24N6O5S/c1-10-13(31-3)8-14(32(4,29)30)17(22-10)23-12-7-15(25-26-16(12)19(28)21-2)24-18(27)11-9-20(11)5-6-20/h7-8,11H,5-6,9H2,1-4H3,(H,21,28)(H2,22,23,24,25,27)/t11-/m1/s1/i2D3. The van der Waals surface area contributed by atoms with E-state index in [1.54, 1.807) is 6.92 Å². The smallest absolute Gasteiger partial charge is 0.273 e. The molecule has 2 saturated carbocycles. The number of aryl methyl sites for hydroxylation is 1. The van der Waals surface area contributed by atoms with Gasteiger partial charge < -0.3 is 20.7 Å². The predicted octanol–water partition coefficient (Wildman–Crippen LogP) is 1.43. The second kappa shape index (κ2) is 7.69. The topological polar surface area (TPSA) is 152 Å². The molecule has 0 unspecified atom stereocenters. The van der Waals surface area contributed by atoms with Gasteiger partial charge >= 0.3 is 0 Å². The number of nitrogens with one attached hydrogen (secondary N) is 3. The van der Waals surface area contributed by atoms with Gasteiger partial charge in [0.25, 0.3) is 5.91 Å². The average Bonchev–Trinajstić information content (AvgIpc) is 3.65. The minimum Gasteiger partial charge on any atom is -0.495 e. The Hall–Kier alpha value is -3.28. The molecule has 1 spiro atoms. The lowest BCUT2D eigenvalue weighted by atomic mass is 10.2. The van der Waals surface area contributed by atoms with Gasteiger partial charge in [-0.2, -0.15) is 0 Å². The van der Waals surface area contributed by atoms with Crippen LogP contribution in [0.1, 0.15) is 39.6 Å². The Labute approximate surface area is 189 Å². The molecule has 0 radical (unpaired) electrons. The number of carbonyl (C=O) groups excluding carboxylic acids is 2. The number of hydrogen-bond donors (Lipinski definition) is 3. The number of pyridine rings is 1. The third kappa shape index (κ3) is 4.09. The highest BCUT2D eigenvalue weighted by molar-refractivity contribution is 7.90. The zero-order valence-corrected chi connectivity index (χ0v) is 18.5. The lowest BCUT2D eigenvalue weighted by molar-refractivity contribution is -0.117. The van der Waals surface area contributed by atoms with Crippen LogP contribution in [0.15, 0.2) is 17.0 Å². The number of anilines is 3. The quantitative estimate of drug-likeness (QED) is 0.553. The Morgan fingerprint density at radius 2 is 2.03 bits per heavy atom. The first kappa shape index (κ1) is 18.3. The van der Waals surface area contributed by atoms with Crippen LogP contribution in [0.2, 0.25) is 0 Å². The molecule has 0 bridgehead atoms. The van der Waals surface area contributed by atoms with Gasteiger partial charge in [0.2, 0.25) is 5.91 Å². The molecule has 32 heavy (non-hydrogen) atoms. The maximum Gasteiger partial charge on any atom is 0.273 e. The molecule has 0 aliphatic heterocycles. The zero-order valence-electron chi connectivity index (χ0n) is 20.6. The van der Waals surface area contributed by atoms with Crippen molar-refractivity contribution in [2.75, 3.05) is 31.0 Å². The van der Waals surface area contributed by atoms with E-state index >= 15 is 0 Å². The molecule has 12 heteroatoms. The monoisotopic (exact) mass is 463 g/mol.